The highest BCUT2D eigenvalue weighted by molar-refractivity contribution is 5.69. The van der Waals surface area contributed by atoms with Crippen molar-refractivity contribution in [1.82, 2.24) is 4.90 Å². The van der Waals surface area contributed by atoms with Crippen molar-refractivity contribution in [1.29, 1.82) is 0 Å². The number of piperidine rings is 2. The topological polar surface area (TPSA) is 49.8 Å². The van der Waals surface area contributed by atoms with Crippen LogP contribution in [0.15, 0.2) is 18.2 Å². The Morgan fingerprint density at radius 3 is 2.36 bits per heavy atom. The Morgan fingerprint density at radius 1 is 1.20 bits per heavy atom. The van der Waals surface area contributed by atoms with E-state index in [0.29, 0.717) is 12.8 Å². The molecule has 2 bridgehead atoms. The molecule has 4 heteroatoms. The van der Waals surface area contributed by atoms with Crippen molar-refractivity contribution >= 4 is 6.09 Å². The molecule has 4 nitrogen and oxygen atoms in total. The predicted molar refractivity (Wildman–Crippen MR) is 98.5 cm³/mol. The number of carbonyl (C=O) groups excluding carboxylic acids is 1. The van der Waals surface area contributed by atoms with Crippen LogP contribution in [0.2, 0.25) is 0 Å². The molecule has 2 aliphatic heterocycles. The van der Waals surface area contributed by atoms with E-state index in [2.05, 4.69) is 19.9 Å². The van der Waals surface area contributed by atoms with E-state index in [0.717, 1.165) is 30.4 Å². The van der Waals surface area contributed by atoms with Gasteiger partial charge in [0.2, 0.25) is 0 Å². The highest BCUT2D eigenvalue weighted by atomic mass is 16.6. The molecule has 0 aromatic heterocycles. The van der Waals surface area contributed by atoms with Crippen molar-refractivity contribution in [3.05, 3.63) is 34.9 Å². The fourth-order valence-corrected chi connectivity index (χ4v) is 4.52. The molecule has 2 atom stereocenters. The molecule has 25 heavy (non-hydrogen) atoms. The SMILES string of the molecule is Cc1cccc(C2(O)CC3CCCC(C2)N3C(=O)OC(C)(C)C)c1C. The Morgan fingerprint density at radius 2 is 1.80 bits per heavy atom. The number of hydrogen-bond donors (Lipinski definition) is 1. The summed E-state index contributed by atoms with van der Waals surface area (Å²) in [5.41, 5.74) is 2.03. The molecular weight excluding hydrogens is 314 g/mol. The predicted octanol–water partition coefficient (Wildman–Crippen LogP) is 4.44. The molecule has 2 heterocycles. The molecule has 1 aromatic rings. The molecular formula is C21H31NO3. The van der Waals surface area contributed by atoms with Gasteiger partial charge in [0.25, 0.3) is 0 Å². The Hall–Kier alpha value is -1.55. The number of benzene rings is 1. The first kappa shape index (κ1) is 18.2. The molecule has 1 amide bonds. The monoisotopic (exact) mass is 345 g/mol. The van der Waals surface area contributed by atoms with Gasteiger partial charge in [0, 0.05) is 24.9 Å². The van der Waals surface area contributed by atoms with Gasteiger partial charge >= 0.3 is 6.09 Å². The standard InChI is InChI=1S/C21H31NO3/c1-14-8-6-11-18(15(14)2)21(24)12-16-9-7-10-17(13-21)22(16)19(23)25-20(3,4)5/h6,8,11,16-17,24H,7,9-10,12-13H2,1-5H3. The Labute approximate surface area is 151 Å². The second-order valence-corrected chi connectivity index (χ2v) is 8.81. The van der Waals surface area contributed by atoms with Gasteiger partial charge < -0.3 is 14.7 Å². The second-order valence-electron chi connectivity index (χ2n) is 8.81. The number of aryl methyl sites for hydroxylation is 1. The lowest BCUT2D eigenvalue weighted by Crippen LogP contribution is -2.59. The molecule has 1 aromatic carbocycles. The number of amides is 1. The van der Waals surface area contributed by atoms with Crippen LogP contribution in [0.1, 0.15) is 69.6 Å². The van der Waals surface area contributed by atoms with Crippen LogP contribution in [-0.2, 0) is 10.3 Å². The lowest BCUT2D eigenvalue weighted by molar-refractivity contribution is -0.0967. The molecule has 2 aliphatic rings. The van der Waals surface area contributed by atoms with E-state index in [1.54, 1.807) is 0 Å². The van der Waals surface area contributed by atoms with Gasteiger partial charge in [0.05, 0.1) is 5.60 Å². The second kappa shape index (κ2) is 6.31. The maximum Gasteiger partial charge on any atom is 0.410 e. The van der Waals surface area contributed by atoms with Crippen molar-refractivity contribution in [2.45, 2.75) is 90.0 Å². The van der Waals surface area contributed by atoms with E-state index in [-0.39, 0.29) is 18.2 Å². The largest absolute Gasteiger partial charge is 0.444 e. The quantitative estimate of drug-likeness (QED) is 0.818. The van der Waals surface area contributed by atoms with Gasteiger partial charge in [-0.05, 0) is 70.6 Å². The minimum Gasteiger partial charge on any atom is -0.444 e. The number of rotatable bonds is 1. The lowest BCUT2D eigenvalue weighted by atomic mass is 9.71. The highest BCUT2D eigenvalue weighted by Crippen LogP contribution is 2.45. The number of aliphatic hydroxyl groups is 1. The van der Waals surface area contributed by atoms with Crippen molar-refractivity contribution in [2.75, 3.05) is 0 Å². The van der Waals surface area contributed by atoms with Gasteiger partial charge in [-0.15, -0.1) is 0 Å². The highest BCUT2D eigenvalue weighted by Gasteiger charge is 2.49. The first-order valence-electron chi connectivity index (χ1n) is 9.41. The van der Waals surface area contributed by atoms with Crippen LogP contribution < -0.4 is 0 Å². The normalized spacial score (nSPS) is 29.4. The van der Waals surface area contributed by atoms with Crippen molar-refractivity contribution < 1.29 is 14.6 Å². The molecule has 0 radical (unpaired) electrons. The van der Waals surface area contributed by atoms with Gasteiger partial charge in [-0.25, -0.2) is 4.79 Å². The maximum absolute atomic E-state index is 12.7. The molecule has 1 N–H and O–H groups in total. The molecule has 2 saturated heterocycles. The van der Waals surface area contributed by atoms with E-state index in [1.165, 1.54) is 5.56 Å². The van der Waals surface area contributed by atoms with E-state index in [4.69, 9.17) is 4.74 Å². The van der Waals surface area contributed by atoms with Crippen molar-refractivity contribution in [3.8, 4) is 0 Å². The summed E-state index contributed by atoms with van der Waals surface area (Å²) in [6.45, 7) is 9.86. The summed E-state index contributed by atoms with van der Waals surface area (Å²) in [5.74, 6) is 0. The Balaban J connectivity index is 1.88. The van der Waals surface area contributed by atoms with Gasteiger partial charge in [0.1, 0.15) is 5.60 Å². The molecule has 0 aliphatic carbocycles. The van der Waals surface area contributed by atoms with Crippen LogP contribution >= 0.6 is 0 Å². The first-order chi connectivity index (χ1) is 11.6. The Bertz CT molecular complexity index is 648. The molecule has 0 spiro atoms. The zero-order chi connectivity index (χ0) is 18.4. The van der Waals surface area contributed by atoms with Gasteiger partial charge in [0.15, 0.2) is 0 Å². The fraction of sp³-hybridized carbons (Fsp3) is 0.667. The lowest BCUT2D eigenvalue weighted by Gasteiger charge is -2.52. The Kier molecular flexibility index (Phi) is 4.61. The van der Waals surface area contributed by atoms with Crippen LogP contribution in [0, 0.1) is 13.8 Å². The van der Waals surface area contributed by atoms with E-state index < -0.39 is 11.2 Å². The number of carbonyl (C=O) groups is 1. The number of hydrogen-bond acceptors (Lipinski definition) is 3. The van der Waals surface area contributed by atoms with Crippen LogP contribution in [-0.4, -0.2) is 33.8 Å². The molecule has 138 valence electrons. The summed E-state index contributed by atoms with van der Waals surface area (Å²) in [6.07, 6.45) is 3.92. The van der Waals surface area contributed by atoms with E-state index >= 15 is 0 Å². The van der Waals surface area contributed by atoms with Gasteiger partial charge in [-0.3, -0.25) is 0 Å². The molecule has 0 saturated carbocycles. The summed E-state index contributed by atoms with van der Waals surface area (Å²) in [6, 6.07) is 6.24. The molecule has 2 unspecified atom stereocenters. The minimum absolute atomic E-state index is 0.0484. The molecule has 3 rings (SSSR count). The zero-order valence-corrected chi connectivity index (χ0v) is 16.1. The smallest absolute Gasteiger partial charge is 0.410 e. The first-order valence-corrected chi connectivity index (χ1v) is 9.41. The van der Waals surface area contributed by atoms with Crippen LogP contribution in [0.25, 0.3) is 0 Å². The summed E-state index contributed by atoms with van der Waals surface area (Å²) in [7, 11) is 0. The number of nitrogens with zero attached hydrogens (tertiary/aromatic N) is 1. The zero-order valence-electron chi connectivity index (χ0n) is 16.1. The minimum atomic E-state index is -0.857. The van der Waals surface area contributed by atoms with Crippen LogP contribution in [0.4, 0.5) is 4.79 Å². The van der Waals surface area contributed by atoms with E-state index in [1.807, 2.05) is 37.8 Å². The summed E-state index contributed by atoms with van der Waals surface area (Å²) in [5, 5.41) is 11.5. The molecule has 2 fully saturated rings. The van der Waals surface area contributed by atoms with E-state index in [9.17, 15) is 9.90 Å². The average Bonchev–Trinajstić information content (AvgIpc) is 2.47. The summed E-state index contributed by atoms with van der Waals surface area (Å²) < 4.78 is 5.64. The van der Waals surface area contributed by atoms with Crippen molar-refractivity contribution in [3.63, 3.8) is 0 Å². The maximum atomic E-state index is 12.7. The fourth-order valence-electron chi connectivity index (χ4n) is 4.52. The summed E-state index contributed by atoms with van der Waals surface area (Å²) >= 11 is 0. The summed E-state index contributed by atoms with van der Waals surface area (Å²) in [4.78, 5) is 14.6. The van der Waals surface area contributed by atoms with Gasteiger partial charge in [-0.1, -0.05) is 18.2 Å². The van der Waals surface area contributed by atoms with Crippen LogP contribution in [0.3, 0.4) is 0 Å². The van der Waals surface area contributed by atoms with Gasteiger partial charge in [-0.2, -0.15) is 0 Å². The van der Waals surface area contributed by atoms with Crippen molar-refractivity contribution in [2.24, 2.45) is 0 Å². The number of ether oxygens (including phenoxy) is 1. The number of fused-ring (bicyclic) bond motifs is 2. The average molecular weight is 345 g/mol. The third-order valence-electron chi connectivity index (χ3n) is 5.72. The van der Waals surface area contributed by atoms with Crippen LogP contribution in [0.5, 0.6) is 0 Å². The third kappa shape index (κ3) is 3.55. The third-order valence-corrected chi connectivity index (χ3v) is 5.72.